The van der Waals surface area contributed by atoms with E-state index in [9.17, 15) is 18.0 Å². The summed E-state index contributed by atoms with van der Waals surface area (Å²) in [5.74, 6) is -0.140. The van der Waals surface area contributed by atoms with Crippen molar-refractivity contribution in [1.29, 1.82) is 0 Å². The number of H-pyrrole nitrogens is 1. The third kappa shape index (κ3) is 4.24. The standard InChI is InChI=1S/C29H21ClF4N8O/c30-16-3-5-21(41-12-35-39-40-41)17(10-16)15-8-22-18-11-19(18)26(42(22)24(43)9-15)28-37-25(27(31)38-28)14-1-4-20-13(7-14)2-6-23(36-20)29(32,33)34/h1,3-5,7-10,12,18-19,23,26,36H,2,6,11H2,(H,37,38)/t18-,19+,23?,26+/m1/s1. The van der Waals surface area contributed by atoms with Crippen LogP contribution in [0, 0.1) is 11.9 Å². The summed E-state index contributed by atoms with van der Waals surface area (Å²) in [6.45, 7) is 0. The van der Waals surface area contributed by atoms with Gasteiger partial charge in [-0.05, 0) is 83.1 Å². The molecule has 4 atom stereocenters. The molecule has 3 aliphatic rings. The summed E-state index contributed by atoms with van der Waals surface area (Å²) < 4.78 is 58.0. The molecule has 43 heavy (non-hydrogen) atoms. The van der Waals surface area contributed by atoms with Crippen LogP contribution >= 0.6 is 11.6 Å². The van der Waals surface area contributed by atoms with Crippen LogP contribution < -0.4 is 10.9 Å². The minimum Gasteiger partial charge on any atom is -0.374 e. The molecule has 0 saturated heterocycles. The Morgan fingerprint density at radius 1 is 1.05 bits per heavy atom. The van der Waals surface area contributed by atoms with E-state index in [1.165, 1.54) is 23.1 Å². The first-order chi connectivity index (χ1) is 20.7. The molecule has 5 aromatic rings. The number of hydrogen-bond donors (Lipinski definition) is 2. The molecule has 3 aromatic heterocycles. The van der Waals surface area contributed by atoms with Gasteiger partial charge in [0.25, 0.3) is 5.56 Å². The predicted octanol–water partition coefficient (Wildman–Crippen LogP) is 5.67. The summed E-state index contributed by atoms with van der Waals surface area (Å²) in [6, 6.07) is 11.4. The first-order valence-corrected chi connectivity index (χ1v) is 14.1. The summed E-state index contributed by atoms with van der Waals surface area (Å²) in [5.41, 5.74) is 4.15. The van der Waals surface area contributed by atoms with Gasteiger partial charge in [-0.2, -0.15) is 22.2 Å². The molecule has 8 rings (SSSR count). The maximum absolute atomic E-state index is 15.3. The van der Waals surface area contributed by atoms with E-state index >= 15 is 4.39 Å². The lowest BCUT2D eigenvalue weighted by molar-refractivity contribution is -0.144. The number of aryl methyl sites for hydroxylation is 1. The van der Waals surface area contributed by atoms with Crippen molar-refractivity contribution in [1.82, 2.24) is 34.7 Å². The van der Waals surface area contributed by atoms with Crippen LogP contribution in [-0.2, 0) is 6.42 Å². The van der Waals surface area contributed by atoms with E-state index < -0.39 is 24.2 Å². The molecule has 1 aliphatic carbocycles. The minimum absolute atomic E-state index is 0.0658. The lowest BCUT2D eigenvalue weighted by atomic mass is 9.95. The summed E-state index contributed by atoms with van der Waals surface area (Å²) >= 11 is 6.32. The molecule has 0 radical (unpaired) electrons. The van der Waals surface area contributed by atoms with Gasteiger partial charge in [-0.25, -0.2) is 4.98 Å². The second-order valence-electron chi connectivity index (χ2n) is 11.2. The number of halogens is 5. The van der Waals surface area contributed by atoms with Gasteiger partial charge in [0.05, 0.1) is 11.7 Å². The molecule has 1 unspecified atom stereocenters. The second-order valence-corrected chi connectivity index (χ2v) is 11.6. The lowest BCUT2D eigenvalue weighted by Gasteiger charge is -2.28. The highest BCUT2D eigenvalue weighted by Crippen LogP contribution is 2.60. The molecule has 1 saturated carbocycles. The van der Waals surface area contributed by atoms with Crippen LogP contribution in [0.25, 0.3) is 28.1 Å². The Kier molecular flexibility index (Phi) is 5.61. The number of tetrazole rings is 1. The van der Waals surface area contributed by atoms with Crippen molar-refractivity contribution in [3.63, 3.8) is 0 Å². The fraction of sp³-hybridized carbons (Fsp3) is 0.276. The summed E-state index contributed by atoms with van der Waals surface area (Å²) in [7, 11) is 0. The van der Waals surface area contributed by atoms with Gasteiger partial charge < -0.3 is 14.9 Å². The molecule has 1 fully saturated rings. The Labute approximate surface area is 245 Å². The number of hydrogen-bond acceptors (Lipinski definition) is 6. The number of alkyl halides is 3. The molecule has 2 aromatic carbocycles. The van der Waals surface area contributed by atoms with Crippen molar-refractivity contribution >= 4 is 17.3 Å². The van der Waals surface area contributed by atoms with Crippen molar-refractivity contribution in [2.24, 2.45) is 5.92 Å². The van der Waals surface area contributed by atoms with Gasteiger partial charge in [-0.3, -0.25) is 4.79 Å². The second kappa shape index (κ2) is 9.24. The number of fused-ring (bicyclic) bond motifs is 4. The molecule has 2 N–H and O–H groups in total. The molecular formula is C29H21ClF4N8O. The Morgan fingerprint density at radius 2 is 1.91 bits per heavy atom. The van der Waals surface area contributed by atoms with Gasteiger partial charge in [0, 0.05) is 39.5 Å². The van der Waals surface area contributed by atoms with E-state index in [4.69, 9.17) is 11.6 Å². The van der Waals surface area contributed by atoms with Gasteiger partial charge in [0.1, 0.15) is 23.9 Å². The van der Waals surface area contributed by atoms with Crippen molar-refractivity contribution in [2.45, 2.75) is 43.4 Å². The number of aromatic amines is 1. The largest absolute Gasteiger partial charge is 0.408 e. The van der Waals surface area contributed by atoms with E-state index in [0.29, 0.717) is 44.5 Å². The summed E-state index contributed by atoms with van der Waals surface area (Å²) in [4.78, 5) is 21.0. The zero-order chi connectivity index (χ0) is 29.6. The summed E-state index contributed by atoms with van der Waals surface area (Å²) in [6.07, 6.45) is -1.96. The van der Waals surface area contributed by atoms with Crippen LogP contribution in [0.5, 0.6) is 0 Å². The maximum atomic E-state index is 15.3. The number of nitrogens with one attached hydrogen (secondary N) is 2. The van der Waals surface area contributed by atoms with Crippen molar-refractivity contribution in [3.8, 4) is 28.1 Å². The van der Waals surface area contributed by atoms with Crippen molar-refractivity contribution < 1.29 is 17.6 Å². The van der Waals surface area contributed by atoms with E-state index in [1.54, 1.807) is 34.9 Å². The molecule has 218 valence electrons. The lowest BCUT2D eigenvalue weighted by Crippen LogP contribution is -2.39. The van der Waals surface area contributed by atoms with Crippen LogP contribution in [0.15, 0.2) is 59.7 Å². The highest BCUT2D eigenvalue weighted by atomic mass is 35.5. The molecule has 5 heterocycles. The minimum atomic E-state index is -4.35. The molecular weight excluding hydrogens is 588 g/mol. The Balaban J connectivity index is 1.14. The number of benzene rings is 2. The van der Waals surface area contributed by atoms with Gasteiger partial charge in [-0.15, -0.1) is 5.10 Å². The molecule has 9 nitrogen and oxygen atoms in total. The average molecular weight is 609 g/mol. The number of anilines is 1. The van der Waals surface area contributed by atoms with Crippen LogP contribution in [0.2, 0.25) is 5.02 Å². The maximum Gasteiger partial charge on any atom is 0.408 e. The quantitative estimate of drug-likeness (QED) is 0.255. The van der Waals surface area contributed by atoms with Crippen LogP contribution in [0.3, 0.4) is 0 Å². The smallest absolute Gasteiger partial charge is 0.374 e. The van der Waals surface area contributed by atoms with Crippen molar-refractivity contribution in [3.05, 3.63) is 93.3 Å². The first kappa shape index (κ1) is 26.1. The fourth-order valence-corrected chi connectivity index (χ4v) is 6.74. The van der Waals surface area contributed by atoms with Crippen molar-refractivity contribution in [2.75, 3.05) is 5.32 Å². The number of imidazole rings is 1. The highest BCUT2D eigenvalue weighted by Gasteiger charge is 2.54. The number of rotatable bonds is 4. The predicted molar refractivity (Wildman–Crippen MR) is 149 cm³/mol. The molecule has 14 heteroatoms. The van der Waals surface area contributed by atoms with Gasteiger partial charge in [0.15, 0.2) is 0 Å². The molecule has 2 aliphatic heterocycles. The summed E-state index contributed by atoms with van der Waals surface area (Å²) in [5, 5.41) is 14.4. The van der Waals surface area contributed by atoms with E-state index in [2.05, 4.69) is 30.8 Å². The highest BCUT2D eigenvalue weighted by molar-refractivity contribution is 6.31. The van der Waals surface area contributed by atoms with Gasteiger partial charge in [-0.1, -0.05) is 17.7 Å². The Morgan fingerprint density at radius 3 is 2.70 bits per heavy atom. The van der Waals surface area contributed by atoms with E-state index in [0.717, 1.165) is 12.1 Å². The Bertz CT molecular complexity index is 1970. The number of aromatic nitrogens is 7. The zero-order valence-corrected chi connectivity index (χ0v) is 22.9. The normalized spacial score (nSPS) is 22.1. The first-order valence-electron chi connectivity index (χ1n) is 13.7. The fourth-order valence-electron chi connectivity index (χ4n) is 6.56. The number of pyridine rings is 1. The van der Waals surface area contributed by atoms with Gasteiger partial charge >= 0.3 is 6.18 Å². The van der Waals surface area contributed by atoms with Crippen LogP contribution in [0.4, 0.5) is 23.2 Å². The molecule has 0 spiro atoms. The van der Waals surface area contributed by atoms with Gasteiger partial charge in [0.2, 0.25) is 5.95 Å². The van der Waals surface area contributed by atoms with E-state index in [-0.39, 0.29) is 35.9 Å². The third-order valence-electron chi connectivity index (χ3n) is 8.63. The average Bonchev–Trinajstić information content (AvgIpc) is 3.28. The van der Waals surface area contributed by atoms with Crippen LogP contribution in [0.1, 0.15) is 41.9 Å². The Hall–Kier alpha value is -4.52. The molecule has 0 amide bonds. The SMILES string of the molecule is O=c1cc(-c2cc(Cl)ccc2-n2cnnn2)cc2n1[C@H](c1nc(-c3ccc4c(c3)CCC(C(F)(F)F)N4)c(F)[nH]1)[C@H]1C[C@@H]21. The van der Waals surface area contributed by atoms with E-state index in [1.807, 2.05) is 6.07 Å². The monoisotopic (exact) mass is 608 g/mol. The molecule has 0 bridgehead atoms. The third-order valence-corrected chi connectivity index (χ3v) is 8.87. The topological polar surface area (TPSA) is 106 Å². The number of nitrogens with zero attached hydrogens (tertiary/aromatic N) is 6. The zero-order valence-electron chi connectivity index (χ0n) is 22.1. The van der Waals surface area contributed by atoms with Crippen LogP contribution in [-0.4, -0.2) is 47.0 Å².